The fourth-order valence-corrected chi connectivity index (χ4v) is 2.17. The lowest BCUT2D eigenvalue weighted by atomic mass is 10.1. The molecule has 0 radical (unpaired) electrons. The molecule has 3 nitrogen and oxygen atoms in total. The Labute approximate surface area is 122 Å². The Morgan fingerprint density at radius 3 is 2.32 bits per heavy atom. The lowest BCUT2D eigenvalue weighted by Gasteiger charge is -1.96. The summed E-state index contributed by atoms with van der Waals surface area (Å²) >= 11 is 6.75. The van der Waals surface area contributed by atoms with Gasteiger partial charge in [0.2, 0.25) is 0 Å². The van der Waals surface area contributed by atoms with E-state index in [4.69, 9.17) is 16.7 Å². The molecule has 19 heavy (non-hydrogen) atoms. The Morgan fingerprint density at radius 2 is 1.95 bits per heavy atom. The lowest BCUT2D eigenvalue weighted by molar-refractivity contribution is 0.112. The highest BCUT2D eigenvalue weighted by atomic mass is 35.5. The molecule has 0 fully saturated rings. The summed E-state index contributed by atoms with van der Waals surface area (Å²) in [6, 6.07) is 8.22. The lowest BCUT2D eigenvalue weighted by Crippen LogP contribution is -1.89. The van der Waals surface area contributed by atoms with E-state index in [2.05, 4.69) is 23.4 Å². The van der Waals surface area contributed by atoms with E-state index in [0.29, 0.717) is 16.2 Å². The van der Waals surface area contributed by atoms with Crippen LogP contribution >= 0.6 is 23.1 Å². The first-order chi connectivity index (χ1) is 9.08. The molecule has 0 atom stereocenters. The Morgan fingerprint density at radius 1 is 1.32 bits per heavy atom. The fourth-order valence-electron chi connectivity index (χ4n) is 1.33. The quantitative estimate of drug-likeness (QED) is 0.883. The zero-order valence-corrected chi connectivity index (χ0v) is 12.5. The van der Waals surface area contributed by atoms with Crippen molar-refractivity contribution in [1.82, 2.24) is 4.37 Å². The maximum Gasteiger partial charge on any atom is 0.163 e. The van der Waals surface area contributed by atoms with Gasteiger partial charge in [-0.2, -0.15) is 4.37 Å². The van der Waals surface area contributed by atoms with Crippen LogP contribution in [-0.4, -0.2) is 22.4 Å². The van der Waals surface area contributed by atoms with E-state index in [1.54, 1.807) is 6.92 Å². The van der Waals surface area contributed by atoms with Gasteiger partial charge in [0.05, 0.1) is 10.7 Å². The van der Waals surface area contributed by atoms with Gasteiger partial charge in [0, 0.05) is 6.61 Å². The van der Waals surface area contributed by atoms with Crippen LogP contribution in [0.15, 0.2) is 24.3 Å². The minimum Gasteiger partial charge on any atom is -0.396 e. The van der Waals surface area contributed by atoms with Gasteiger partial charge in [0.15, 0.2) is 6.29 Å². The molecule has 0 aliphatic heterocycles. The summed E-state index contributed by atoms with van der Waals surface area (Å²) in [5.41, 5.74) is 3.19. The number of hydrogen-bond donors (Lipinski definition) is 1. The van der Waals surface area contributed by atoms with Crippen LogP contribution < -0.4 is 0 Å². The van der Waals surface area contributed by atoms with Gasteiger partial charge < -0.3 is 5.11 Å². The normalized spacial score (nSPS) is 9.68. The third-order valence-corrected chi connectivity index (χ3v) is 3.89. The number of halogens is 1. The highest BCUT2D eigenvalue weighted by Crippen LogP contribution is 2.21. The number of rotatable bonds is 3. The first-order valence-electron chi connectivity index (χ1n) is 5.81. The van der Waals surface area contributed by atoms with E-state index in [-0.39, 0.29) is 6.61 Å². The third-order valence-electron chi connectivity index (χ3n) is 2.44. The van der Waals surface area contributed by atoms with Gasteiger partial charge in [0.1, 0.15) is 4.88 Å². The molecule has 0 amide bonds. The van der Waals surface area contributed by atoms with E-state index in [9.17, 15) is 4.79 Å². The molecule has 1 aromatic carbocycles. The Balaban J connectivity index is 0.000000191. The van der Waals surface area contributed by atoms with E-state index in [0.717, 1.165) is 23.6 Å². The van der Waals surface area contributed by atoms with Crippen LogP contribution in [0.25, 0.3) is 0 Å². The molecule has 1 aromatic heterocycles. The van der Waals surface area contributed by atoms with Crippen LogP contribution in [0.4, 0.5) is 0 Å². The van der Waals surface area contributed by atoms with Gasteiger partial charge in [-0.05, 0) is 37.4 Å². The summed E-state index contributed by atoms with van der Waals surface area (Å²) in [6.07, 6.45) is 1.48. The molecule has 0 bridgehead atoms. The number of aldehydes is 1. The van der Waals surface area contributed by atoms with Crippen LogP contribution in [0.2, 0.25) is 5.02 Å². The predicted molar refractivity (Wildman–Crippen MR) is 79.2 cm³/mol. The molecule has 0 saturated heterocycles. The van der Waals surface area contributed by atoms with Crippen molar-refractivity contribution in [2.24, 2.45) is 0 Å². The van der Waals surface area contributed by atoms with Crippen molar-refractivity contribution in [2.45, 2.75) is 20.3 Å². The molecule has 0 aliphatic rings. The SMILES string of the molecule is Cc1ccc(CCO)cc1.Cc1nsc(C=O)c1Cl. The van der Waals surface area contributed by atoms with Gasteiger partial charge in [-0.3, -0.25) is 4.79 Å². The number of carbonyl (C=O) groups excluding carboxylic acids is 1. The largest absolute Gasteiger partial charge is 0.396 e. The average Bonchev–Trinajstić information content (AvgIpc) is 2.73. The fraction of sp³-hybridized carbons (Fsp3) is 0.286. The van der Waals surface area contributed by atoms with E-state index < -0.39 is 0 Å². The van der Waals surface area contributed by atoms with Crippen molar-refractivity contribution in [3.63, 3.8) is 0 Å². The number of nitrogens with zero attached hydrogens (tertiary/aromatic N) is 1. The van der Waals surface area contributed by atoms with E-state index >= 15 is 0 Å². The molecule has 0 unspecified atom stereocenters. The number of aliphatic hydroxyl groups excluding tert-OH is 1. The second kappa shape index (κ2) is 8.04. The van der Waals surface area contributed by atoms with Gasteiger partial charge in [-0.25, -0.2) is 0 Å². The average molecular weight is 298 g/mol. The molecule has 1 N–H and O–H groups in total. The van der Waals surface area contributed by atoms with Crippen LogP contribution in [-0.2, 0) is 6.42 Å². The Kier molecular flexibility index (Phi) is 6.70. The molecule has 0 saturated carbocycles. The maximum atomic E-state index is 10.1. The van der Waals surface area contributed by atoms with Crippen molar-refractivity contribution in [3.8, 4) is 0 Å². The van der Waals surface area contributed by atoms with Crippen LogP contribution in [0, 0.1) is 13.8 Å². The molecular weight excluding hydrogens is 282 g/mol. The molecule has 0 aliphatic carbocycles. The smallest absolute Gasteiger partial charge is 0.163 e. The topological polar surface area (TPSA) is 50.2 Å². The minimum atomic E-state index is 0.239. The van der Waals surface area contributed by atoms with E-state index in [1.165, 1.54) is 11.1 Å². The van der Waals surface area contributed by atoms with Gasteiger partial charge in [0.25, 0.3) is 0 Å². The number of benzene rings is 1. The number of aliphatic hydroxyl groups is 1. The summed E-state index contributed by atoms with van der Waals surface area (Å²) in [5.74, 6) is 0. The van der Waals surface area contributed by atoms with Crippen molar-refractivity contribution < 1.29 is 9.90 Å². The summed E-state index contributed by atoms with van der Waals surface area (Å²) < 4.78 is 3.87. The molecule has 2 rings (SSSR count). The molecule has 0 spiro atoms. The number of carbonyl (C=O) groups is 1. The van der Waals surface area contributed by atoms with Crippen LogP contribution in [0.3, 0.4) is 0 Å². The zero-order valence-electron chi connectivity index (χ0n) is 10.9. The molecule has 2 aromatic rings. The third kappa shape index (κ3) is 5.11. The Hall–Kier alpha value is -1.23. The molecule has 5 heteroatoms. The maximum absolute atomic E-state index is 10.1. The standard InChI is InChI=1S/C9H12O.C5H4ClNOS/c1-8-2-4-9(5-3-8)6-7-10;1-3-5(6)4(2-8)9-7-3/h2-5,10H,6-7H2,1H3;2H,1H3. The summed E-state index contributed by atoms with van der Waals surface area (Å²) in [6.45, 7) is 4.07. The van der Waals surface area contributed by atoms with Gasteiger partial charge in [-0.1, -0.05) is 41.4 Å². The van der Waals surface area contributed by atoms with Gasteiger partial charge in [-0.15, -0.1) is 0 Å². The first kappa shape index (κ1) is 15.8. The molecule has 102 valence electrons. The monoisotopic (exact) mass is 297 g/mol. The van der Waals surface area contributed by atoms with E-state index in [1.807, 2.05) is 12.1 Å². The van der Waals surface area contributed by atoms with Crippen molar-refractivity contribution in [1.29, 1.82) is 0 Å². The van der Waals surface area contributed by atoms with Crippen LogP contribution in [0.1, 0.15) is 26.5 Å². The summed E-state index contributed by atoms with van der Waals surface area (Å²) in [7, 11) is 0. The highest BCUT2D eigenvalue weighted by Gasteiger charge is 2.04. The highest BCUT2D eigenvalue weighted by molar-refractivity contribution is 7.08. The Bertz CT molecular complexity index is 523. The number of aryl methyl sites for hydroxylation is 2. The van der Waals surface area contributed by atoms with Crippen molar-refractivity contribution in [3.05, 3.63) is 51.0 Å². The number of hydrogen-bond acceptors (Lipinski definition) is 4. The first-order valence-corrected chi connectivity index (χ1v) is 6.97. The zero-order chi connectivity index (χ0) is 14.3. The van der Waals surface area contributed by atoms with Gasteiger partial charge >= 0.3 is 0 Å². The second-order valence-electron chi connectivity index (χ2n) is 4.02. The van der Waals surface area contributed by atoms with Crippen LogP contribution in [0.5, 0.6) is 0 Å². The van der Waals surface area contributed by atoms with Crippen molar-refractivity contribution in [2.75, 3.05) is 6.61 Å². The summed E-state index contributed by atoms with van der Waals surface area (Å²) in [4.78, 5) is 10.6. The second-order valence-corrected chi connectivity index (χ2v) is 5.21. The molecular formula is C14H16ClNO2S. The van der Waals surface area contributed by atoms with Crippen molar-refractivity contribution >= 4 is 29.4 Å². The molecule has 1 heterocycles. The number of aromatic nitrogens is 1. The summed E-state index contributed by atoms with van der Waals surface area (Å²) in [5, 5.41) is 9.07. The predicted octanol–water partition coefficient (Wildman–Crippen LogP) is 3.45. The minimum absolute atomic E-state index is 0.239.